The van der Waals surface area contributed by atoms with Crippen LogP contribution in [0.25, 0.3) is 0 Å². The minimum Gasteiger partial charge on any atom is -0.468 e. The number of hydrogen-bond donors (Lipinski definition) is 1. The Morgan fingerprint density at radius 1 is 1.33 bits per heavy atom. The van der Waals surface area contributed by atoms with Gasteiger partial charge in [0.05, 0.1) is 7.11 Å². The van der Waals surface area contributed by atoms with Gasteiger partial charge in [0.2, 0.25) is 0 Å². The van der Waals surface area contributed by atoms with E-state index in [1.165, 1.54) is 45.6 Å². The Balaban J connectivity index is 1.70. The average molecular weight is 314 g/mol. The van der Waals surface area contributed by atoms with Gasteiger partial charge in [-0.2, -0.15) is 11.8 Å². The summed E-state index contributed by atoms with van der Waals surface area (Å²) in [5.74, 6) is 1.95. The molecule has 0 aromatic rings. The van der Waals surface area contributed by atoms with E-state index in [9.17, 15) is 4.79 Å². The molecule has 0 aromatic heterocycles. The van der Waals surface area contributed by atoms with Crippen LogP contribution < -0.4 is 5.32 Å². The number of ether oxygens (including phenoxy) is 1. The standard InChI is InChI=1S/C17H31NO2S/c1-13-6-4-7-15(12-13)21-11-5-10-17(2,16(19)20-3)18-14-8-9-14/h13-15,18H,4-12H2,1-3H3. The topological polar surface area (TPSA) is 38.3 Å². The first-order chi connectivity index (χ1) is 10.0. The van der Waals surface area contributed by atoms with Crippen molar-refractivity contribution in [2.45, 2.75) is 82.0 Å². The van der Waals surface area contributed by atoms with E-state index < -0.39 is 5.54 Å². The molecule has 3 nitrogen and oxygen atoms in total. The molecule has 2 fully saturated rings. The van der Waals surface area contributed by atoms with Gasteiger partial charge in [0.25, 0.3) is 0 Å². The molecule has 0 aliphatic heterocycles. The first-order valence-electron chi connectivity index (χ1n) is 8.51. The van der Waals surface area contributed by atoms with Gasteiger partial charge in [-0.3, -0.25) is 10.1 Å². The molecule has 2 rings (SSSR count). The van der Waals surface area contributed by atoms with Crippen LogP contribution in [-0.4, -0.2) is 35.7 Å². The van der Waals surface area contributed by atoms with Gasteiger partial charge in [0.15, 0.2) is 0 Å². The highest BCUT2D eigenvalue weighted by Gasteiger charge is 2.38. The van der Waals surface area contributed by atoms with Gasteiger partial charge in [-0.1, -0.05) is 19.8 Å². The molecule has 2 aliphatic carbocycles. The predicted octanol–water partition coefficient (Wildman–Crippen LogP) is 3.76. The van der Waals surface area contributed by atoms with Gasteiger partial charge in [-0.25, -0.2) is 0 Å². The summed E-state index contributed by atoms with van der Waals surface area (Å²) in [6.45, 7) is 4.38. The number of carbonyl (C=O) groups is 1. The Morgan fingerprint density at radius 3 is 2.71 bits per heavy atom. The molecule has 3 atom stereocenters. The number of hydrogen-bond acceptors (Lipinski definition) is 4. The summed E-state index contributed by atoms with van der Waals surface area (Å²) in [5.41, 5.74) is -0.490. The lowest BCUT2D eigenvalue weighted by molar-refractivity contribution is -0.148. The molecular formula is C17H31NO2S. The van der Waals surface area contributed by atoms with E-state index in [0.717, 1.165) is 29.8 Å². The highest BCUT2D eigenvalue weighted by Crippen LogP contribution is 2.33. The molecule has 3 unspecified atom stereocenters. The molecular weight excluding hydrogens is 282 g/mol. The predicted molar refractivity (Wildman–Crippen MR) is 89.7 cm³/mol. The van der Waals surface area contributed by atoms with Crippen molar-refractivity contribution in [3.05, 3.63) is 0 Å². The van der Waals surface area contributed by atoms with Gasteiger partial charge in [0, 0.05) is 11.3 Å². The second kappa shape index (κ2) is 7.87. The minimum absolute atomic E-state index is 0.106. The van der Waals surface area contributed by atoms with Crippen molar-refractivity contribution >= 4 is 17.7 Å². The molecule has 0 heterocycles. The molecule has 4 heteroatoms. The quantitative estimate of drug-likeness (QED) is 0.547. The molecule has 0 saturated heterocycles. The van der Waals surface area contributed by atoms with E-state index in [0.29, 0.717) is 6.04 Å². The Labute approximate surface area is 134 Å². The monoisotopic (exact) mass is 313 g/mol. The Morgan fingerprint density at radius 2 is 2.10 bits per heavy atom. The van der Waals surface area contributed by atoms with Crippen LogP contribution in [0.4, 0.5) is 0 Å². The van der Waals surface area contributed by atoms with Crippen molar-refractivity contribution in [3.8, 4) is 0 Å². The molecule has 122 valence electrons. The van der Waals surface area contributed by atoms with E-state index in [2.05, 4.69) is 24.0 Å². The Bertz CT molecular complexity index is 346. The zero-order valence-corrected chi connectivity index (χ0v) is 14.6. The third-order valence-corrected chi connectivity index (χ3v) is 6.22. The summed E-state index contributed by atoms with van der Waals surface area (Å²) in [4.78, 5) is 12.0. The van der Waals surface area contributed by atoms with E-state index >= 15 is 0 Å². The molecule has 0 amide bonds. The number of methoxy groups -OCH3 is 1. The maximum absolute atomic E-state index is 12.0. The van der Waals surface area contributed by atoms with E-state index in [1.54, 1.807) is 0 Å². The van der Waals surface area contributed by atoms with Crippen LogP contribution in [0.1, 0.15) is 65.2 Å². The summed E-state index contributed by atoms with van der Waals surface area (Å²) >= 11 is 2.12. The Kier molecular flexibility index (Phi) is 6.42. The highest BCUT2D eigenvalue weighted by atomic mass is 32.2. The lowest BCUT2D eigenvalue weighted by Gasteiger charge is -2.29. The van der Waals surface area contributed by atoms with Gasteiger partial charge < -0.3 is 4.74 Å². The average Bonchev–Trinajstić information content (AvgIpc) is 3.26. The van der Waals surface area contributed by atoms with E-state index in [4.69, 9.17) is 4.74 Å². The van der Waals surface area contributed by atoms with Crippen LogP contribution in [0.2, 0.25) is 0 Å². The molecule has 1 N–H and O–H groups in total. The van der Waals surface area contributed by atoms with Crippen molar-refractivity contribution in [3.63, 3.8) is 0 Å². The van der Waals surface area contributed by atoms with Crippen molar-refractivity contribution in [1.29, 1.82) is 0 Å². The zero-order valence-electron chi connectivity index (χ0n) is 13.8. The van der Waals surface area contributed by atoms with Gasteiger partial charge in [-0.15, -0.1) is 0 Å². The minimum atomic E-state index is -0.490. The van der Waals surface area contributed by atoms with Crippen molar-refractivity contribution < 1.29 is 9.53 Å². The van der Waals surface area contributed by atoms with Gasteiger partial charge >= 0.3 is 5.97 Å². The van der Waals surface area contributed by atoms with Gasteiger partial charge in [-0.05, 0) is 57.1 Å². The molecule has 0 radical (unpaired) electrons. The third kappa shape index (κ3) is 5.48. The van der Waals surface area contributed by atoms with Crippen molar-refractivity contribution in [2.75, 3.05) is 12.9 Å². The second-order valence-electron chi connectivity index (χ2n) is 7.11. The Hall–Kier alpha value is -0.220. The summed E-state index contributed by atoms with van der Waals surface area (Å²) in [6, 6.07) is 0.529. The SMILES string of the molecule is COC(=O)C(C)(CCCSC1CCCC(C)C1)NC1CC1. The summed E-state index contributed by atoms with van der Waals surface area (Å²) in [5, 5.41) is 4.32. The summed E-state index contributed by atoms with van der Waals surface area (Å²) < 4.78 is 5.00. The molecule has 2 aliphatic rings. The fourth-order valence-electron chi connectivity index (χ4n) is 3.34. The molecule has 2 saturated carbocycles. The van der Waals surface area contributed by atoms with Crippen molar-refractivity contribution in [2.24, 2.45) is 5.92 Å². The number of carbonyl (C=O) groups excluding carboxylic acids is 1. The fourth-order valence-corrected chi connectivity index (χ4v) is 4.78. The number of thioether (sulfide) groups is 1. The molecule has 21 heavy (non-hydrogen) atoms. The molecule has 0 aromatic carbocycles. The molecule has 0 spiro atoms. The fraction of sp³-hybridized carbons (Fsp3) is 0.941. The lowest BCUT2D eigenvalue weighted by atomic mass is 9.91. The zero-order chi connectivity index (χ0) is 15.3. The largest absolute Gasteiger partial charge is 0.468 e. The summed E-state index contributed by atoms with van der Waals surface area (Å²) in [6.07, 6.45) is 9.91. The highest BCUT2D eigenvalue weighted by molar-refractivity contribution is 7.99. The van der Waals surface area contributed by atoms with Crippen LogP contribution in [0.15, 0.2) is 0 Å². The first kappa shape index (κ1) is 17.1. The van der Waals surface area contributed by atoms with E-state index in [1.807, 2.05) is 6.92 Å². The van der Waals surface area contributed by atoms with Crippen LogP contribution in [0.3, 0.4) is 0 Å². The van der Waals surface area contributed by atoms with Crippen LogP contribution in [-0.2, 0) is 9.53 Å². The van der Waals surface area contributed by atoms with Crippen LogP contribution in [0.5, 0.6) is 0 Å². The van der Waals surface area contributed by atoms with Gasteiger partial charge in [0.1, 0.15) is 5.54 Å². The third-order valence-electron chi connectivity index (χ3n) is 4.80. The summed E-state index contributed by atoms with van der Waals surface area (Å²) in [7, 11) is 1.49. The number of rotatable bonds is 8. The number of esters is 1. The van der Waals surface area contributed by atoms with Crippen LogP contribution >= 0.6 is 11.8 Å². The maximum atomic E-state index is 12.0. The van der Waals surface area contributed by atoms with Crippen molar-refractivity contribution in [1.82, 2.24) is 5.32 Å². The lowest BCUT2D eigenvalue weighted by Crippen LogP contribution is -2.51. The normalized spacial score (nSPS) is 28.9. The second-order valence-corrected chi connectivity index (χ2v) is 8.52. The number of nitrogens with one attached hydrogen (secondary N) is 1. The first-order valence-corrected chi connectivity index (χ1v) is 9.56. The van der Waals surface area contributed by atoms with Crippen LogP contribution in [0, 0.1) is 5.92 Å². The smallest absolute Gasteiger partial charge is 0.325 e. The maximum Gasteiger partial charge on any atom is 0.325 e. The van der Waals surface area contributed by atoms with E-state index in [-0.39, 0.29) is 5.97 Å². The molecule has 0 bridgehead atoms.